The number of piperidine rings is 2. The SMILES string of the molecule is CC(C)(C)c1cnc(CSc2cnc(NC(=O)C3CCN(Cc4cccc(C5CCC(=O)NC5=O)c4)CC3)s2)o1. The number of oxazole rings is 1. The van der Waals surface area contributed by atoms with Gasteiger partial charge in [0.25, 0.3) is 0 Å². The summed E-state index contributed by atoms with van der Waals surface area (Å²) in [6.45, 7) is 8.70. The predicted octanol–water partition coefficient (Wildman–Crippen LogP) is 5.09. The molecule has 1 atom stereocenters. The first kappa shape index (κ1) is 28.5. The van der Waals surface area contributed by atoms with Gasteiger partial charge in [0.2, 0.25) is 23.6 Å². The largest absolute Gasteiger partial charge is 0.444 e. The van der Waals surface area contributed by atoms with Crippen molar-refractivity contribution in [2.24, 2.45) is 5.92 Å². The average molecular weight is 582 g/mol. The summed E-state index contributed by atoms with van der Waals surface area (Å²) in [5.74, 6) is 1.45. The van der Waals surface area contributed by atoms with Crippen LogP contribution < -0.4 is 10.6 Å². The molecule has 0 spiro atoms. The number of amides is 3. The second-order valence-corrected chi connectivity index (χ2v) is 13.7. The van der Waals surface area contributed by atoms with Gasteiger partial charge in [-0.1, -0.05) is 56.4 Å². The van der Waals surface area contributed by atoms with Gasteiger partial charge in [-0.15, -0.1) is 11.8 Å². The first-order valence-corrected chi connectivity index (χ1v) is 15.4. The van der Waals surface area contributed by atoms with Gasteiger partial charge in [-0.05, 0) is 43.5 Å². The first-order valence-electron chi connectivity index (χ1n) is 13.6. The molecule has 5 rings (SSSR count). The van der Waals surface area contributed by atoms with Crippen LogP contribution in [0.4, 0.5) is 5.13 Å². The minimum atomic E-state index is -0.278. The van der Waals surface area contributed by atoms with Crippen LogP contribution in [0.2, 0.25) is 0 Å². The topological polar surface area (TPSA) is 117 Å². The van der Waals surface area contributed by atoms with Crippen LogP contribution in [-0.2, 0) is 32.1 Å². The fraction of sp³-hybridized carbons (Fsp3) is 0.483. The summed E-state index contributed by atoms with van der Waals surface area (Å²) < 4.78 is 6.86. The highest BCUT2D eigenvalue weighted by molar-refractivity contribution is 8.00. The van der Waals surface area contributed by atoms with Crippen LogP contribution in [0, 0.1) is 5.92 Å². The molecular weight excluding hydrogens is 546 g/mol. The maximum atomic E-state index is 12.9. The molecule has 0 saturated carbocycles. The van der Waals surface area contributed by atoms with E-state index in [2.05, 4.69) is 58.4 Å². The molecule has 1 unspecified atom stereocenters. The van der Waals surface area contributed by atoms with Crippen molar-refractivity contribution in [1.29, 1.82) is 0 Å². The molecule has 2 aliphatic heterocycles. The number of nitrogens with zero attached hydrogens (tertiary/aromatic N) is 3. The van der Waals surface area contributed by atoms with E-state index >= 15 is 0 Å². The summed E-state index contributed by atoms with van der Waals surface area (Å²) in [7, 11) is 0. The standard InChI is InChI=1S/C29H35N5O4S2/c1-29(2,3)22-14-30-24(38-22)17-39-25-15-31-28(40-25)33-26(36)19-9-11-34(12-10-19)16-18-5-4-6-20(13-18)21-7-8-23(35)32-27(21)37/h4-6,13-15,19,21H,7-12,16-17H2,1-3H3,(H,31,33,36)(H,32,35,37). The highest BCUT2D eigenvalue weighted by atomic mass is 32.2. The summed E-state index contributed by atoms with van der Waals surface area (Å²) in [5, 5.41) is 6.06. The lowest BCUT2D eigenvalue weighted by Crippen LogP contribution is -2.39. The molecule has 212 valence electrons. The monoisotopic (exact) mass is 581 g/mol. The Morgan fingerprint density at radius 1 is 1.18 bits per heavy atom. The number of nitrogens with one attached hydrogen (secondary N) is 2. The lowest BCUT2D eigenvalue weighted by atomic mass is 9.89. The number of thiazole rings is 1. The number of benzene rings is 1. The van der Waals surface area contributed by atoms with Crippen molar-refractivity contribution in [3.8, 4) is 0 Å². The van der Waals surface area contributed by atoms with Crippen LogP contribution in [0.25, 0.3) is 0 Å². The van der Waals surface area contributed by atoms with Crippen molar-refractivity contribution in [3.63, 3.8) is 0 Å². The van der Waals surface area contributed by atoms with Crippen LogP contribution in [0.5, 0.6) is 0 Å². The van der Waals surface area contributed by atoms with Crippen LogP contribution in [0.1, 0.15) is 75.2 Å². The van der Waals surface area contributed by atoms with Crippen LogP contribution >= 0.6 is 23.1 Å². The first-order chi connectivity index (χ1) is 19.1. The van der Waals surface area contributed by atoms with Gasteiger partial charge in [-0.25, -0.2) is 9.97 Å². The van der Waals surface area contributed by atoms with Gasteiger partial charge in [-0.3, -0.25) is 24.6 Å². The number of likely N-dealkylation sites (tertiary alicyclic amines) is 1. The van der Waals surface area contributed by atoms with Crippen molar-refractivity contribution in [2.45, 2.75) is 74.3 Å². The van der Waals surface area contributed by atoms with Gasteiger partial charge >= 0.3 is 0 Å². The fourth-order valence-corrected chi connectivity index (χ4v) is 6.71. The van der Waals surface area contributed by atoms with E-state index in [4.69, 9.17) is 4.42 Å². The summed E-state index contributed by atoms with van der Waals surface area (Å²) in [5.41, 5.74) is 2.02. The third-order valence-corrected chi connectivity index (χ3v) is 9.39. The minimum Gasteiger partial charge on any atom is -0.444 e. The van der Waals surface area contributed by atoms with Gasteiger partial charge in [0, 0.05) is 24.3 Å². The average Bonchev–Trinajstić information content (AvgIpc) is 3.58. The molecule has 2 aliphatic rings. The lowest BCUT2D eigenvalue weighted by molar-refractivity contribution is -0.134. The summed E-state index contributed by atoms with van der Waals surface area (Å²) in [6, 6.07) is 8.07. The maximum absolute atomic E-state index is 12.9. The van der Waals surface area contributed by atoms with Crippen molar-refractivity contribution in [2.75, 3.05) is 18.4 Å². The molecule has 11 heteroatoms. The highest BCUT2D eigenvalue weighted by Gasteiger charge is 2.29. The molecule has 9 nitrogen and oxygen atoms in total. The van der Waals surface area contributed by atoms with E-state index in [-0.39, 0.29) is 35.0 Å². The molecule has 2 fully saturated rings. The van der Waals surface area contributed by atoms with Crippen LogP contribution in [-0.4, -0.2) is 45.7 Å². The van der Waals surface area contributed by atoms with E-state index in [1.54, 1.807) is 24.2 Å². The Balaban J connectivity index is 1.07. The number of aromatic nitrogens is 2. The third kappa shape index (κ3) is 7.18. The Labute approximate surface area is 242 Å². The number of hydrogen-bond acceptors (Lipinski definition) is 9. The lowest BCUT2D eigenvalue weighted by Gasteiger charge is -2.31. The smallest absolute Gasteiger partial charge is 0.234 e. The number of thioether (sulfide) groups is 1. The Hall–Kier alpha value is -3.02. The zero-order chi connectivity index (χ0) is 28.3. The molecule has 2 aromatic heterocycles. The number of carbonyl (C=O) groups is 3. The Morgan fingerprint density at radius 2 is 1.98 bits per heavy atom. The fourth-order valence-electron chi connectivity index (χ4n) is 4.98. The summed E-state index contributed by atoms with van der Waals surface area (Å²) >= 11 is 3.06. The number of carbonyl (C=O) groups excluding carboxylic acids is 3. The molecule has 2 N–H and O–H groups in total. The van der Waals surface area contributed by atoms with Crippen molar-refractivity contribution >= 4 is 46.0 Å². The minimum absolute atomic E-state index is 0.0212. The van der Waals surface area contributed by atoms with E-state index < -0.39 is 0 Å². The highest BCUT2D eigenvalue weighted by Crippen LogP contribution is 2.32. The van der Waals surface area contributed by atoms with Gasteiger partial charge in [0.05, 0.1) is 28.3 Å². The zero-order valence-electron chi connectivity index (χ0n) is 23.1. The normalized spacial score (nSPS) is 19.0. The van der Waals surface area contributed by atoms with E-state index in [1.165, 1.54) is 11.3 Å². The molecule has 1 aromatic carbocycles. The molecule has 2 saturated heterocycles. The van der Waals surface area contributed by atoms with Gasteiger partial charge in [0.1, 0.15) is 5.76 Å². The molecular formula is C29H35N5O4S2. The summed E-state index contributed by atoms with van der Waals surface area (Å²) in [4.78, 5) is 47.8. The molecule has 3 aromatic rings. The van der Waals surface area contributed by atoms with Crippen LogP contribution in [0.15, 0.2) is 45.3 Å². The molecule has 0 bridgehead atoms. The predicted molar refractivity (Wildman–Crippen MR) is 155 cm³/mol. The molecule has 3 amide bonds. The number of anilines is 1. The van der Waals surface area contributed by atoms with E-state index in [0.29, 0.717) is 29.6 Å². The Bertz CT molecular complexity index is 1370. The Kier molecular flexibility index (Phi) is 8.72. The zero-order valence-corrected chi connectivity index (χ0v) is 24.7. The van der Waals surface area contributed by atoms with Gasteiger partial charge < -0.3 is 9.73 Å². The molecule has 0 aliphatic carbocycles. The van der Waals surface area contributed by atoms with E-state index in [9.17, 15) is 14.4 Å². The summed E-state index contributed by atoms with van der Waals surface area (Å²) in [6.07, 6.45) is 6.06. The van der Waals surface area contributed by atoms with Crippen LogP contribution in [0.3, 0.4) is 0 Å². The molecule has 0 radical (unpaired) electrons. The number of imide groups is 1. The van der Waals surface area contributed by atoms with Crippen molar-refractivity contribution in [3.05, 3.63) is 59.4 Å². The van der Waals surface area contributed by atoms with Gasteiger partial charge in [-0.2, -0.15) is 0 Å². The third-order valence-electron chi connectivity index (χ3n) is 7.30. The molecule has 40 heavy (non-hydrogen) atoms. The molecule has 4 heterocycles. The van der Waals surface area contributed by atoms with Crippen molar-refractivity contribution in [1.82, 2.24) is 20.2 Å². The number of rotatable bonds is 8. The quantitative estimate of drug-likeness (QED) is 0.279. The second-order valence-electron chi connectivity index (χ2n) is 11.4. The second kappa shape index (κ2) is 12.2. The number of hydrogen-bond donors (Lipinski definition) is 2. The Morgan fingerprint density at radius 3 is 2.70 bits per heavy atom. The van der Waals surface area contributed by atoms with Crippen molar-refractivity contribution < 1.29 is 18.8 Å². The maximum Gasteiger partial charge on any atom is 0.234 e. The van der Waals surface area contributed by atoms with E-state index in [1.807, 2.05) is 12.1 Å². The van der Waals surface area contributed by atoms with Gasteiger partial charge in [0.15, 0.2) is 5.13 Å². The van der Waals surface area contributed by atoms with E-state index in [0.717, 1.165) is 53.6 Å².